The molecule has 3 atom stereocenters. The van der Waals surface area contributed by atoms with E-state index >= 15 is 0 Å². The van der Waals surface area contributed by atoms with E-state index in [0.717, 1.165) is 12.8 Å². The van der Waals surface area contributed by atoms with E-state index < -0.39 is 12.1 Å². The van der Waals surface area contributed by atoms with Gasteiger partial charge in [0.1, 0.15) is 0 Å². The third-order valence-corrected chi connectivity index (χ3v) is 4.16. The second-order valence-corrected chi connectivity index (χ2v) is 6.37. The van der Waals surface area contributed by atoms with Crippen molar-refractivity contribution in [2.24, 2.45) is 11.8 Å². The van der Waals surface area contributed by atoms with Crippen molar-refractivity contribution in [3.05, 3.63) is 60.8 Å². The molecule has 1 rings (SSSR count). The van der Waals surface area contributed by atoms with E-state index in [-0.39, 0.29) is 24.0 Å². The van der Waals surface area contributed by atoms with Crippen LogP contribution in [-0.2, 0) is 9.59 Å². The van der Waals surface area contributed by atoms with E-state index in [9.17, 15) is 14.7 Å². The SMILES string of the molecule is CC/C=C\C[C@H]1C=CC(=O)[C@@H]1/C=C/[C@H](O)C/C=C\C/C=C\CCC(=O)O. The van der Waals surface area contributed by atoms with Gasteiger partial charge < -0.3 is 10.2 Å². The third kappa shape index (κ3) is 9.33. The number of rotatable bonds is 12. The van der Waals surface area contributed by atoms with Crippen molar-refractivity contribution in [3.63, 3.8) is 0 Å². The summed E-state index contributed by atoms with van der Waals surface area (Å²) in [5.74, 6) is -0.683. The zero-order valence-corrected chi connectivity index (χ0v) is 15.5. The second-order valence-electron chi connectivity index (χ2n) is 6.37. The third-order valence-electron chi connectivity index (χ3n) is 4.16. The lowest BCUT2D eigenvalue weighted by Crippen LogP contribution is -2.14. The van der Waals surface area contributed by atoms with Gasteiger partial charge in [-0.2, -0.15) is 0 Å². The molecule has 26 heavy (non-hydrogen) atoms. The number of carbonyl (C=O) groups is 2. The summed E-state index contributed by atoms with van der Waals surface area (Å²) in [5.41, 5.74) is 0. The molecule has 2 N–H and O–H groups in total. The predicted molar refractivity (Wildman–Crippen MR) is 105 cm³/mol. The molecule has 4 nitrogen and oxygen atoms in total. The minimum atomic E-state index is -0.792. The maximum Gasteiger partial charge on any atom is 0.303 e. The van der Waals surface area contributed by atoms with Crippen molar-refractivity contribution in [1.29, 1.82) is 0 Å². The molecule has 0 aromatic heterocycles. The van der Waals surface area contributed by atoms with E-state index in [1.165, 1.54) is 0 Å². The molecular formula is C22H30O4. The van der Waals surface area contributed by atoms with Crippen molar-refractivity contribution < 1.29 is 19.8 Å². The van der Waals surface area contributed by atoms with Crippen LogP contribution in [0.15, 0.2) is 60.8 Å². The quantitative estimate of drug-likeness (QED) is 0.507. The molecule has 0 saturated carbocycles. The van der Waals surface area contributed by atoms with Crippen molar-refractivity contribution in [1.82, 2.24) is 0 Å². The summed E-state index contributed by atoms with van der Waals surface area (Å²) < 4.78 is 0. The van der Waals surface area contributed by atoms with Gasteiger partial charge in [0.05, 0.1) is 6.10 Å². The summed E-state index contributed by atoms with van der Waals surface area (Å²) in [4.78, 5) is 22.3. The van der Waals surface area contributed by atoms with E-state index in [1.54, 1.807) is 12.2 Å². The molecule has 1 aliphatic rings. The number of carbonyl (C=O) groups excluding carboxylic acids is 1. The average molecular weight is 358 g/mol. The smallest absolute Gasteiger partial charge is 0.303 e. The minimum Gasteiger partial charge on any atom is -0.481 e. The van der Waals surface area contributed by atoms with E-state index in [2.05, 4.69) is 19.1 Å². The van der Waals surface area contributed by atoms with Gasteiger partial charge in [0.15, 0.2) is 5.78 Å². The molecule has 0 bridgehead atoms. The van der Waals surface area contributed by atoms with Crippen LogP contribution in [0.2, 0.25) is 0 Å². The normalized spacial score (nSPS) is 21.8. The molecule has 0 unspecified atom stereocenters. The monoisotopic (exact) mass is 358 g/mol. The highest BCUT2D eigenvalue weighted by Gasteiger charge is 2.26. The number of ketones is 1. The van der Waals surface area contributed by atoms with Gasteiger partial charge in [-0.25, -0.2) is 0 Å². The highest BCUT2D eigenvalue weighted by Crippen LogP contribution is 2.27. The van der Waals surface area contributed by atoms with Gasteiger partial charge >= 0.3 is 5.97 Å². The van der Waals surface area contributed by atoms with Crippen LogP contribution in [0.4, 0.5) is 0 Å². The fraction of sp³-hybridized carbons (Fsp3) is 0.455. The molecule has 0 saturated heterocycles. The lowest BCUT2D eigenvalue weighted by molar-refractivity contribution is -0.136. The first-order valence-corrected chi connectivity index (χ1v) is 9.29. The van der Waals surface area contributed by atoms with Crippen LogP contribution in [-0.4, -0.2) is 28.1 Å². The molecule has 142 valence electrons. The Bertz CT molecular complexity index is 581. The maximum atomic E-state index is 12.0. The Balaban J connectivity index is 2.33. The molecule has 0 fully saturated rings. The van der Waals surface area contributed by atoms with Gasteiger partial charge in [-0.1, -0.05) is 61.6 Å². The Kier molecular flexibility index (Phi) is 11.0. The molecule has 0 amide bonds. The Morgan fingerprint density at radius 3 is 2.69 bits per heavy atom. The number of allylic oxidation sites excluding steroid dienone is 8. The average Bonchev–Trinajstić information content (AvgIpc) is 2.95. The number of hydrogen-bond acceptors (Lipinski definition) is 3. The summed E-state index contributed by atoms with van der Waals surface area (Å²) in [6.07, 6.45) is 22.1. The Morgan fingerprint density at radius 1 is 1.19 bits per heavy atom. The summed E-state index contributed by atoms with van der Waals surface area (Å²) in [6.45, 7) is 2.08. The van der Waals surface area contributed by atoms with Crippen molar-refractivity contribution in [3.8, 4) is 0 Å². The Labute approximate surface area is 156 Å². The minimum absolute atomic E-state index is 0.102. The lowest BCUT2D eigenvalue weighted by Gasteiger charge is -2.13. The van der Waals surface area contributed by atoms with Gasteiger partial charge in [0.25, 0.3) is 0 Å². The van der Waals surface area contributed by atoms with Gasteiger partial charge in [0.2, 0.25) is 0 Å². The summed E-state index contributed by atoms with van der Waals surface area (Å²) >= 11 is 0. The topological polar surface area (TPSA) is 74.6 Å². The summed E-state index contributed by atoms with van der Waals surface area (Å²) in [6, 6.07) is 0. The van der Waals surface area contributed by atoms with Crippen LogP contribution in [0.5, 0.6) is 0 Å². The van der Waals surface area contributed by atoms with Crippen molar-refractivity contribution in [2.75, 3.05) is 0 Å². The molecule has 0 aromatic carbocycles. The number of carboxylic acid groups (broad SMARTS) is 1. The predicted octanol–water partition coefficient (Wildman–Crippen LogP) is 4.39. The van der Waals surface area contributed by atoms with Crippen molar-refractivity contribution >= 4 is 11.8 Å². The summed E-state index contributed by atoms with van der Waals surface area (Å²) in [7, 11) is 0. The molecule has 0 spiro atoms. The zero-order chi connectivity index (χ0) is 19.2. The fourth-order valence-corrected chi connectivity index (χ4v) is 2.70. The number of carboxylic acids is 1. The maximum absolute atomic E-state index is 12.0. The van der Waals surface area contributed by atoms with E-state index in [4.69, 9.17) is 5.11 Å². The first-order chi connectivity index (χ1) is 12.5. The standard InChI is InChI=1S/C22H30O4/c1-2-3-8-11-18-14-17-21(24)20(18)16-15-19(23)12-9-6-4-5-7-10-13-22(25)26/h3,5-9,14-20,23H,2,4,10-13H2,1H3,(H,25,26)/b7-5-,8-3-,9-6-,16-15+/t18-,19+,20+/m0/s1. The van der Waals surface area contributed by atoms with Crippen LogP contribution in [0, 0.1) is 11.8 Å². The largest absolute Gasteiger partial charge is 0.481 e. The van der Waals surface area contributed by atoms with Gasteiger partial charge in [-0.05, 0) is 44.1 Å². The molecule has 1 aliphatic carbocycles. The highest BCUT2D eigenvalue weighted by molar-refractivity contribution is 5.95. The first-order valence-electron chi connectivity index (χ1n) is 9.29. The van der Waals surface area contributed by atoms with E-state index in [1.807, 2.05) is 36.5 Å². The summed E-state index contributed by atoms with van der Waals surface area (Å²) in [5, 5.41) is 18.6. The van der Waals surface area contributed by atoms with Gasteiger partial charge in [-0.3, -0.25) is 9.59 Å². The van der Waals surface area contributed by atoms with Crippen LogP contribution in [0.25, 0.3) is 0 Å². The number of aliphatic carboxylic acids is 1. The van der Waals surface area contributed by atoms with Crippen LogP contribution in [0.3, 0.4) is 0 Å². The zero-order valence-electron chi connectivity index (χ0n) is 15.5. The van der Waals surface area contributed by atoms with Gasteiger partial charge in [0, 0.05) is 12.3 Å². The van der Waals surface area contributed by atoms with Crippen LogP contribution in [0.1, 0.15) is 45.4 Å². The molecule has 0 heterocycles. The van der Waals surface area contributed by atoms with Crippen molar-refractivity contribution in [2.45, 2.75) is 51.6 Å². The van der Waals surface area contributed by atoms with E-state index in [0.29, 0.717) is 19.3 Å². The highest BCUT2D eigenvalue weighted by atomic mass is 16.4. The number of aliphatic hydroxyl groups excluding tert-OH is 1. The lowest BCUT2D eigenvalue weighted by atomic mass is 9.91. The second kappa shape index (κ2) is 13.1. The number of hydrogen-bond donors (Lipinski definition) is 2. The fourth-order valence-electron chi connectivity index (χ4n) is 2.70. The molecule has 4 heteroatoms. The Hall–Kier alpha value is -2.20. The first kappa shape index (κ1) is 21.8. The Morgan fingerprint density at radius 2 is 1.96 bits per heavy atom. The molecule has 0 aromatic rings. The molecular weight excluding hydrogens is 328 g/mol. The van der Waals surface area contributed by atoms with Gasteiger partial charge in [-0.15, -0.1) is 0 Å². The number of aliphatic hydroxyl groups is 1. The van der Waals surface area contributed by atoms with Crippen LogP contribution >= 0.6 is 0 Å². The molecule has 0 radical (unpaired) electrons. The van der Waals surface area contributed by atoms with Crippen LogP contribution < -0.4 is 0 Å². The molecule has 0 aliphatic heterocycles.